The molecule has 0 amide bonds. The molecule has 3 aromatic rings. The highest BCUT2D eigenvalue weighted by Gasteiger charge is 2.20. The number of sulfonamides is 1. The van der Waals surface area contributed by atoms with Gasteiger partial charge in [-0.25, -0.2) is 23.1 Å². The predicted molar refractivity (Wildman–Crippen MR) is 101 cm³/mol. The average molecular weight is 406 g/mol. The zero-order valence-electron chi connectivity index (χ0n) is 14.6. The normalized spacial score (nSPS) is 15.4. The minimum absolute atomic E-state index is 0.00466. The number of ether oxygens (including phenoxy) is 1. The molecule has 3 heterocycles. The van der Waals surface area contributed by atoms with Crippen molar-refractivity contribution in [2.24, 2.45) is 0 Å². The second-order valence-corrected chi connectivity index (χ2v) is 8.36. The number of rotatable bonds is 5. The summed E-state index contributed by atoms with van der Waals surface area (Å²) in [6.45, 7) is 4.66. The van der Waals surface area contributed by atoms with Crippen molar-refractivity contribution in [3.05, 3.63) is 35.8 Å². The van der Waals surface area contributed by atoms with Gasteiger partial charge in [0.25, 0.3) is 0 Å². The maximum atomic E-state index is 12.7. The van der Waals surface area contributed by atoms with Crippen LogP contribution in [-0.2, 0) is 21.3 Å². The van der Waals surface area contributed by atoms with E-state index in [1.807, 2.05) is 13.0 Å². The summed E-state index contributed by atoms with van der Waals surface area (Å²) in [5, 5.41) is 0. The van der Waals surface area contributed by atoms with Gasteiger partial charge in [0.15, 0.2) is 0 Å². The van der Waals surface area contributed by atoms with E-state index in [-0.39, 0.29) is 11.4 Å². The molecule has 4 rings (SSSR count). The summed E-state index contributed by atoms with van der Waals surface area (Å²) in [6, 6.07) is 6.79. The first-order chi connectivity index (χ1) is 13.0. The van der Waals surface area contributed by atoms with Crippen molar-refractivity contribution in [2.75, 3.05) is 31.2 Å². The smallest absolute Gasteiger partial charge is 0.243 e. The number of nitrogens with one attached hydrogen (secondary N) is 1. The van der Waals surface area contributed by atoms with Crippen LogP contribution >= 0.6 is 11.7 Å². The predicted octanol–water partition coefficient (Wildman–Crippen LogP) is 1.10. The SMILES string of the molecule is Cc1cc(N2CCOCC2)nc(CNS(=O)(=O)c2cccc3nsnc23)n1. The molecule has 1 N–H and O–H groups in total. The molecule has 0 spiro atoms. The van der Waals surface area contributed by atoms with Crippen LogP contribution in [0.15, 0.2) is 29.2 Å². The van der Waals surface area contributed by atoms with Crippen molar-refractivity contribution in [2.45, 2.75) is 18.4 Å². The van der Waals surface area contributed by atoms with E-state index < -0.39 is 10.0 Å². The van der Waals surface area contributed by atoms with Gasteiger partial charge in [-0.3, -0.25) is 0 Å². The van der Waals surface area contributed by atoms with Crippen LogP contribution < -0.4 is 9.62 Å². The van der Waals surface area contributed by atoms with Crippen molar-refractivity contribution in [1.29, 1.82) is 0 Å². The summed E-state index contributed by atoms with van der Waals surface area (Å²) >= 11 is 0.985. The highest BCUT2D eigenvalue weighted by molar-refractivity contribution is 7.89. The summed E-state index contributed by atoms with van der Waals surface area (Å²) in [5.74, 6) is 1.20. The maximum absolute atomic E-state index is 12.7. The lowest BCUT2D eigenvalue weighted by Gasteiger charge is -2.28. The molecule has 0 bridgehead atoms. The molecule has 0 atom stereocenters. The highest BCUT2D eigenvalue weighted by Crippen LogP contribution is 2.21. The van der Waals surface area contributed by atoms with Crippen molar-refractivity contribution >= 4 is 38.6 Å². The van der Waals surface area contributed by atoms with Crippen LogP contribution in [0.4, 0.5) is 5.82 Å². The Morgan fingerprint density at radius 3 is 2.85 bits per heavy atom. The zero-order chi connectivity index (χ0) is 18.9. The number of aryl methyl sites for hydroxylation is 1. The van der Waals surface area contributed by atoms with Gasteiger partial charge >= 0.3 is 0 Å². The lowest BCUT2D eigenvalue weighted by Crippen LogP contribution is -2.37. The Bertz CT molecular complexity index is 1060. The van der Waals surface area contributed by atoms with Crippen LogP contribution in [0.2, 0.25) is 0 Å². The van der Waals surface area contributed by atoms with Crippen molar-refractivity contribution in [1.82, 2.24) is 23.4 Å². The molecule has 1 aliphatic heterocycles. The van der Waals surface area contributed by atoms with Gasteiger partial charge in [0.05, 0.1) is 31.5 Å². The van der Waals surface area contributed by atoms with Crippen LogP contribution in [-0.4, -0.2) is 53.4 Å². The molecule has 1 saturated heterocycles. The minimum atomic E-state index is -3.76. The Morgan fingerprint density at radius 2 is 2.04 bits per heavy atom. The fourth-order valence-electron chi connectivity index (χ4n) is 2.88. The lowest BCUT2D eigenvalue weighted by molar-refractivity contribution is 0.122. The number of aromatic nitrogens is 4. The Kier molecular flexibility index (Phi) is 5.00. The van der Waals surface area contributed by atoms with Gasteiger partial charge in [0.1, 0.15) is 27.6 Å². The van der Waals surface area contributed by atoms with Crippen LogP contribution in [0.1, 0.15) is 11.5 Å². The molecule has 1 aromatic carbocycles. The number of morpholine rings is 1. The molecule has 2 aromatic heterocycles. The Morgan fingerprint density at radius 1 is 1.22 bits per heavy atom. The molecule has 1 aliphatic rings. The van der Waals surface area contributed by atoms with Gasteiger partial charge in [-0.2, -0.15) is 8.75 Å². The molecular weight excluding hydrogens is 388 g/mol. The van der Waals surface area contributed by atoms with Gasteiger partial charge in [-0.05, 0) is 19.1 Å². The summed E-state index contributed by atoms with van der Waals surface area (Å²) in [5.41, 5.74) is 1.71. The number of hydrogen-bond donors (Lipinski definition) is 1. The second-order valence-electron chi connectivity index (χ2n) is 6.10. The largest absolute Gasteiger partial charge is 0.378 e. The average Bonchev–Trinajstić information content (AvgIpc) is 3.15. The van der Waals surface area contributed by atoms with Crippen LogP contribution in [0.5, 0.6) is 0 Å². The van der Waals surface area contributed by atoms with Crippen molar-refractivity contribution < 1.29 is 13.2 Å². The molecule has 0 aliphatic carbocycles. The van der Waals surface area contributed by atoms with E-state index in [1.165, 1.54) is 6.07 Å². The second kappa shape index (κ2) is 7.43. The molecule has 11 heteroatoms. The monoisotopic (exact) mass is 406 g/mol. The van der Waals surface area contributed by atoms with Gasteiger partial charge in [-0.1, -0.05) is 6.07 Å². The van der Waals surface area contributed by atoms with Crippen LogP contribution in [0.3, 0.4) is 0 Å². The number of benzene rings is 1. The third-order valence-corrected chi connectivity index (χ3v) is 6.16. The lowest BCUT2D eigenvalue weighted by atomic mass is 10.3. The van der Waals surface area contributed by atoms with Gasteiger partial charge in [-0.15, -0.1) is 0 Å². The molecule has 0 saturated carbocycles. The van der Waals surface area contributed by atoms with E-state index >= 15 is 0 Å². The number of hydrogen-bond acceptors (Lipinski definition) is 9. The Labute approximate surface area is 160 Å². The van der Waals surface area contributed by atoms with E-state index in [0.29, 0.717) is 30.1 Å². The third-order valence-electron chi connectivity index (χ3n) is 4.18. The zero-order valence-corrected chi connectivity index (χ0v) is 16.3. The van der Waals surface area contributed by atoms with Gasteiger partial charge < -0.3 is 9.64 Å². The Balaban J connectivity index is 1.56. The first kappa shape index (κ1) is 18.2. The van der Waals surface area contributed by atoms with Crippen LogP contribution in [0.25, 0.3) is 11.0 Å². The van der Waals surface area contributed by atoms with E-state index in [1.54, 1.807) is 12.1 Å². The molecule has 9 nitrogen and oxygen atoms in total. The maximum Gasteiger partial charge on any atom is 0.243 e. The quantitative estimate of drug-likeness (QED) is 0.671. The molecule has 1 fully saturated rings. The topological polar surface area (TPSA) is 110 Å². The fourth-order valence-corrected chi connectivity index (χ4v) is 4.63. The van der Waals surface area contributed by atoms with Crippen LogP contribution in [0, 0.1) is 6.92 Å². The van der Waals surface area contributed by atoms with E-state index in [2.05, 4.69) is 28.3 Å². The minimum Gasteiger partial charge on any atom is -0.378 e. The number of nitrogens with zero attached hydrogens (tertiary/aromatic N) is 5. The van der Waals surface area contributed by atoms with Crippen molar-refractivity contribution in [3.63, 3.8) is 0 Å². The van der Waals surface area contributed by atoms with Gasteiger partial charge in [0.2, 0.25) is 10.0 Å². The number of anilines is 1. The molecule has 142 valence electrons. The Hall–Kier alpha value is -2.21. The molecule has 27 heavy (non-hydrogen) atoms. The summed E-state index contributed by atoms with van der Waals surface area (Å²) < 4.78 is 41.6. The first-order valence-corrected chi connectivity index (χ1v) is 10.6. The standard InChI is InChI=1S/C16H18N6O3S2/c1-11-9-15(22-5-7-25-8-6-22)19-14(18-11)10-17-27(23,24)13-4-2-3-12-16(13)21-26-20-12/h2-4,9,17H,5-8,10H2,1H3. The fraction of sp³-hybridized carbons (Fsp3) is 0.375. The van der Waals surface area contributed by atoms with Crippen molar-refractivity contribution in [3.8, 4) is 0 Å². The molecular formula is C16H18N6O3S2. The summed E-state index contributed by atoms with van der Waals surface area (Å²) in [4.78, 5) is 11.1. The molecule has 0 unspecified atom stereocenters. The van der Waals surface area contributed by atoms with E-state index in [9.17, 15) is 8.42 Å². The number of fused-ring (bicyclic) bond motifs is 1. The molecule has 0 radical (unpaired) electrons. The third kappa shape index (κ3) is 3.90. The highest BCUT2D eigenvalue weighted by atomic mass is 32.2. The van der Waals surface area contributed by atoms with Gasteiger partial charge in [0, 0.05) is 24.8 Å². The van der Waals surface area contributed by atoms with E-state index in [4.69, 9.17) is 4.74 Å². The summed E-state index contributed by atoms with van der Waals surface area (Å²) in [7, 11) is -3.76. The summed E-state index contributed by atoms with van der Waals surface area (Å²) in [6.07, 6.45) is 0. The van der Waals surface area contributed by atoms with E-state index in [0.717, 1.165) is 36.3 Å². The first-order valence-electron chi connectivity index (χ1n) is 8.41.